The Morgan fingerprint density at radius 3 is 2.00 bits per heavy atom. The maximum atomic E-state index is 13.2. The molecule has 7 heteroatoms. The SMILES string of the molecule is NC(=O)c1ccc2cc(C(=O)N(O)Cc3cc(F)cc(F)c3)ccc2c1. The van der Waals surface area contributed by atoms with E-state index >= 15 is 0 Å². The molecule has 3 rings (SSSR count). The molecule has 5 nitrogen and oxygen atoms in total. The molecule has 0 aromatic heterocycles. The zero-order chi connectivity index (χ0) is 18.8. The van der Waals surface area contributed by atoms with Crippen molar-refractivity contribution in [1.82, 2.24) is 5.06 Å². The van der Waals surface area contributed by atoms with Crippen LogP contribution in [0, 0.1) is 11.6 Å². The van der Waals surface area contributed by atoms with Crippen LogP contribution in [0.1, 0.15) is 26.3 Å². The van der Waals surface area contributed by atoms with Gasteiger partial charge in [0.1, 0.15) is 11.6 Å². The number of primary amides is 1. The summed E-state index contributed by atoms with van der Waals surface area (Å²) in [5.74, 6) is -2.87. The first-order valence-corrected chi connectivity index (χ1v) is 7.63. The molecule has 132 valence electrons. The minimum Gasteiger partial charge on any atom is -0.366 e. The number of carbonyl (C=O) groups is 2. The number of hydrogen-bond donors (Lipinski definition) is 2. The van der Waals surface area contributed by atoms with E-state index in [-0.39, 0.29) is 17.7 Å². The lowest BCUT2D eigenvalue weighted by atomic mass is 10.0. The van der Waals surface area contributed by atoms with Crippen LogP contribution in [0.2, 0.25) is 0 Å². The average Bonchev–Trinajstić information content (AvgIpc) is 2.59. The summed E-state index contributed by atoms with van der Waals surface area (Å²) in [7, 11) is 0. The highest BCUT2D eigenvalue weighted by molar-refractivity contribution is 6.01. The lowest BCUT2D eigenvalue weighted by molar-refractivity contribution is -0.0648. The Labute approximate surface area is 147 Å². The number of hydrogen-bond acceptors (Lipinski definition) is 3. The summed E-state index contributed by atoms with van der Waals surface area (Å²) in [5.41, 5.74) is 5.87. The first-order chi connectivity index (χ1) is 12.3. The molecule has 0 aliphatic rings. The van der Waals surface area contributed by atoms with Crippen LogP contribution < -0.4 is 5.73 Å². The van der Waals surface area contributed by atoms with Crippen molar-refractivity contribution in [3.63, 3.8) is 0 Å². The minimum absolute atomic E-state index is 0.116. The Bertz CT molecular complexity index is 1000. The molecule has 2 amide bonds. The van der Waals surface area contributed by atoms with Gasteiger partial charge < -0.3 is 5.73 Å². The summed E-state index contributed by atoms with van der Waals surface area (Å²) in [4.78, 5) is 23.6. The predicted octanol–water partition coefficient (Wildman–Crippen LogP) is 3.25. The number of hydroxylamine groups is 2. The number of rotatable bonds is 4. The zero-order valence-electron chi connectivity index (χ0n) is 13.4. The fourth-order valence-corrected chi connectivity index (χ4v) is 2.63. The van der Waals surface area contributed by atoms with Crippen molar-refractivity contribution in [2.75, 3.05) is 0 Å². The molecule has 0 atom stereocenters. The smallest absolute Gasteiger partial charge is 0.277 e. The molecule has 3 N–H and O–H groups in total. The molecule has 0 saturated carbocycles. The molecule has 0 heterocycles. The van der Waals surface area contributed by atoms with Crippen LogP contribution in [0.15, 0.2) is 54.6 Å². The predicted molar refractivity (Wildman–Crippen MR) is 90.5 cm³/mol. The van der Waals surface area contributed by atoms with E-state index in [1.54, 1.807) is 18.2 Å². The second-order valence-corrected chi connectivity index (χ2v) is 5.78. The second-order valence-electron chi connectivity index (χ2n) is 5.78. The van der Waals surface area contributed by atoms with E-state index in [9.17, 15) is 23.6 Å². The normalized spacial score (nSPS) is 10.7. The molecule has 0 aliphatic carbocycles. The van der Waals surface area contributed by atoms with Crippen molar-refractivity contribution in [1.29, 1.82) is 0 Å². The molecule has 3 aromatic carbocycles. The minimum atomic E-state index is -0.795. The van der Waals surface area contributed by atoms with Gasteiger partial charge in [0.2, 0.25) is 5.91 Å². The van der Waals surface area contributed by atoms with Gasteiger partial charge in [0.15, 0.2) is 0 Å². The molecule has 0 unspecified atom stereocenters. The quantitative estimate of drug-likeness (QED) is 0.556. The third-order valence-corrected chi connectivity index (χ3v) is 3.86. The van der Waals surface area contributed by atoms with Crippen molar-refractivity contribution in [2.45, 2.75) is 6.54 Å². The summed E-state index contributed by atoms with van der Waals surface area (Å²) in [6.07, 6.45) is 0. The van der Waals surface area contributed by atoms with E-state index < -0.39 is 23.4 Å². The number of nitrogens with two attached hydrogens (primary N) is 1. The van der Waals surface area contributed by atoms with Gasteiger partial charge in [0, 0.05) is 17.2 Å². The number of nitrogens with zero attached hydrogens (tertiary/aromatic N) is 1. The molecule has 0 bridgehead atoms. The molecular formula is C19H14F2N2O3. The van der Waals surface area contributed by atoms with E-state index in [2.05, 4.69) is 0 Å². The van der Waals surface area contributed by atoms with Gasteiger partial charge in [-0.25, -0.2) is 13.8 Å². The largest absolute Gasteiger partial charge is 0.366 e. The first kappa shape index (κ1) is 17.5. The molecule has 0 fully saturated rings. The van der Waals surface area contributed by atoms with E-state index in [0.29, 0.717) is 27.5 Å². The number of carbonyl (C=O) groups excluding carboxylic acids is 2. The van der Waals surface area contributed by atoms with Crippen LogP contribution in [0.25, 0.3) is 10.8 Å². The molecule has 0 radical (unpaired) electrons. The van der Waals surface area contributed by atoms with Gasteiger partial charge in [0.25, 0.3) is 5.91 Å². The van der Waals surface area contributed by atoms with Gasteiger partial charge in [-0.1, -0.05) is 12.1 Å². The highest BCUT2D eigenvalue weighted by Crippen LogP contribution is 2.19. The van der Waals surface area contributed by atoms with E-state index in [0.717, 1.165) is 12.1 Å². The molecule has 26 heavy (non-hydrogen) atoms. The molecule has 0 spiro atoms. The van der Waals surface area contributed by atoms with Crippen molar-refractivity contribution in [3.05, 3.63) is 82.9 Å². The van der Waals surface area contributed by atoms with Crippen LogP contribution in [-0.2, 0) is 6.54 Å². The zero-order valence-corrected chi connectivity index (χ0v) is 13.4. The topological polar surface area (TPSA) is 83.6 Å². The summed E-state index contributed by atoms with van der Waals surface area (Å²) < 4.78 is 26.4. The Kier molecular flexibility index (Phi) is 4.64. The lowest BCUT2D eigenvalue weighted by Gasteiger charge is -2.15. The van der Waals surface area contributed by atoms with Crippen LogP contribution in [0.3, 0.4) is 0 Å². The average molecular weight is 356 g/mol. The summed E-state index contributed by atoms with van der Waals surface area (Å²) in [5, 5.41) is 11.7. The Morgan fingerprint density at radius 1 is 0.885 bits per heavy atom. The molecular weight excluding hydrogens is 342 g/mol. The maximum absolute atomic E-state index is 13.2. The van der Waals surface area contributed by atoms with E-state index in [1.165, 1.54) is 18.2 Å². The highest BCUT2D eigenvalue weighted by Gasteiger charge is 2.16. The summed E-state index contributed by atoms with van der Waals surface area (Å²) in [6.45, 7) is -0.369. The molecule has 0 saturated heterocycles. The number of benzene rings is 3. The first-order valence-electron chi connectivity index (χ1n) is 7.63. The summed E-state index contributed by atoms with van der Waals surface area (Å²) in [6, 6.07) is 12.2. The van der Waals surface area contributed by atoms with E-state index in [1.807, 2.05) is 0 Å². The van der Waals surface area contributed by atoms with Gasteiger partial charge in [-0.05, 0) is 52.7 Å². The van der Waals surface area contributed by atoms with Gasteiger partial charge in [-0.2, -0.15) is 0 Å². The maximum Gasteiger partial charge on any atom is 0.277 e. The third-order valence-electron chi connectivity index (χ3n) is 3.86. The van der Waals surface area contributed by atoms with Gasteiger partial charge in [-0.3, -0.25) is 14.8 Å². The van der Waals surface area contributed by atoms with Gasteiger partial charge in [-0.15, -0.1) is 0 Å². The van der Waals surface area contributed by atoms with Crippen molar-refractivity contribution in [2.24, 2.45) is 5.73 Å². The van der Waals surface area contributed by atoms with Gasteiger partial charge >= 0.3 is 0 Å². The molecule has 0 aliphatic heterocycles. The van der Waals surface area contributed by atoms with Crippen LogP contribution >= 0.6 is 0 Å². The Hall–Kier alpha value is -3.32. The van der Waals surface area contributed by atoms with Gasteiger partial charge in [0.05, 0.1) is 6.54 Å². The number of halogens is 2. The van der Waals surface area contributed by atoms with Crippen LogP contribution in [0.4, 0.5) is 8.78 Å². The number of fused-ring (bicyclic) bond motifs is 1. The summed E-state index contributed by atoms with van der Waals surface area (Å²) >= 11 is 0. The van der Waals surface area contributed by atoms with E-state index in [4.69, 9.17) is 5.73 Å². The fraction of sp³-hybridized carbons (Fsp3) is 0.0526. The number of amides is 2. The van der Waals surface area contributed by atoms with Crippen molar-refractivity contribution >= 4 is 22.6 Å². The lowest BCUT2D eigenvalue weighted by Crippen LogP contribution is -2.27. The fourth-order valence-electron chi connectivity index (χ4n) is 2.63. The Balaban J connectivity index is 1.84. The van der Waals surface area contributed by atoms with Crippen molar-refractivity contribution in [3.8, 4) is 0 Å². The third kappa shape index (κ3) is 3.68. The van der Waals surface area contributed by atoms with Crippen LogP contribution in [-0.4, -0.2) is 22.1 Å². The molecule has 3 aromatic rings. The van der Waals surface area contributed by atoms with Crippen LogP contribution in [0.5, 0.6) is 0 Å². The standard InChI is InChI=1S/C19H14F2N2O3/c20-16-5-11(6-17(21)9-16)10-23(26)19(25)15-4-2-12-7-14(18(22)24)3-1-13(12)8-15/h1-9,26H,10H2,(H2,22,24). The Morgan fingerprint density at radius 2 is 1.42 bits per heavy atom. The highest BCUT2D eigenvalue weighted by atomic mass is 19.1. The monoisotopic (exact) mass is 356 g/mol. The second kappa shape index (κ2) is 6.89. The van der Waals surface area contributed by atoms with Crippen molar-refractivity contribution < 1.29 is 23.6 Å².